The van der Waals surface area contributed by atoms with Gasteiger partial charge < -0.3 is 0 Å². The van der Waals surface area contributed by atoms with Crippen LogP contribution in [0.5, 0.6) is 0 Å². The Bertz CT molecular complexity index is 368. The highest BCUT2D eigenvalue weighted by molar-refractivity contribution is 5.34. The molecule has 0 unspecified atom stereocenters. The molecule has 2 rings (SSSR count). The predicted molar refractivity (Wildman–Crippen MR) is 80.0 cm³/mol. The molecule has 2 nitrogen and oxygen atoms in total. The number of nitrogens with zero attached hydrogens (tertiary/aromatic N) is 2. The van der Waals surface area contributed by atoms with E-state index in [0.29, 0.717) is 0 Å². The van der Waals surface area contributed by atoms with Gasteiger partial charge >= 0.3 is 0 Å². The maximum atomic E-state index is 4.19. The molecule has 0 saturated carbocycles. The molecular formula is C16H28N2. The lowest BCUT2D eigenvalue weighted by atomic mass is 9.95. The second-order valence-corrected chi connectivity index (χ2v) is 3.90. The van der Waals surface area contributed by atoms with Crippen LogP contribution < -0.4 is 0 Å². The summed E-state index contributed by atoms with van der Waals surface area (Å²) in [5.41, 5.74) is 5.04. The quantitative estimate of drug-likeness (QED) is 0.628. The van der Waals surface area contributed by atoms with Crippen molar-refractivity contribution in [2.24, 2.45) is 0 Å². The molecule has 0 aliphatic heterocycles. The van der Waals surface area contributed by atoms with Crippen molar-refractivity contribution in [3.8, 4) is 0 Å². The first-order chi connectivity index (χ1) is 8.79. The highest BCUT2D eigenvalue weighted by atomic mass is 15.1. The summed E-state index contributed by atoms with van der Waals surface area (Å²) in [4.78, 5) is 0. The lowest BCUT2D eigenvalue weighted by Crippen LogP contribution is -2.06. The zero-order chi connectivity index (χ0) is 14.0. The van der Waals surface area contributed by atoms with Crippen molar-refractivity contribution >= 4 is 0 Å². The Morgan fingerprint density at radius 2 is 1.39 bits per heavy atom. The van der Waals surface area contributed by atoms with Crippen molar-refractivity contribution in [2.75, 3.05) is 0 Å². The van der Waals surface area contributed by atoms with Gasteiger partial charge in [-0.2, -0.15) is 10.2 Å². The minimum Gasteiger partial charge on any atom is -0.155 e. The van der Waals surface area contributed by atoms with Crippen molar-refractivity contribution in [1.29, 1.82) is 0 Å². The summed E-state index contributed by atoms with van der Waals surface area (Å²) in [5, 5.41) is 8.37. The molecule has 1 aliphatic carbocycles. The maximum Gasteiger partial charge on any atom is 0.0638 e. The van der Waals surface area contributed by atoms with Gasteiger partial charge in [-0.15, -0.1) is 0 Å². The van der Waals surface area contributed by atoms with Crippen LogP contribution in [0.15, 0.2) is 12.2 Å². The highest BCUT2D eigenvalue weighted by Crippen LogP contribution is 2.20. The van der Waals surface area contributed by atoms with Gasteiger partial charge in [0.25, 0.3) is 0 Å². The van der Waals surface area contributed by atoms with Gasteiger partial charge in [-0.3, -0.25) is 0 Å². The molecule has 0 radical (unpaired) electrons. The third-order valence-electron chi connectivity index (χ3n) is 2.87. The third kappa shape index (κ3) is 4.59. The number of allylic oxidation sites excluding steroid dienone is 2. The lowest BCUT2D eigenvalue weighted by molar-refractivity contribution is 0.780. The monoisotopic (exact) mass is 248 g/mol. The second kappa shape index (κ2) is 9.81. The van der Waals surface area contributed by atoms with Crippen LogP contribution in [0.25, 0.3) is 0 Å². The molecule has 1 aromatic heterocycles. The number of rotatable bonds is 0. The fraction of sp³-hybridized carbons (Fsp3) is 0.625. The SMILES string of the molecule is CC.CC.Cc1nnc(C)c2c1C/C=C\CCC2. The summed E-state index contributed by atoms with van der Waals surface area (Å²) in [7, 11) is 0. The summed E-state index contributed by atoms with van der Waals surface area (Å²) >= 11 is 0. The van der Waals surface area contributed by atoms with Crippen LogP contribution in [0.1, 0.15) is 63.1 Å². The van der Waals surface area contributed by atoms with E-state index < -0.39 is 0 Å². The first kappa shape index (κ1) is 16.8. The highest BCUT2D eigenvalue weighted by Gasteiger charge is 2.11. The maximum absolute atomic E-state index is 4.19. The zero-order valence-electron chi connectivity index (χ0n) is 12.9. The summed E-state index contributed by atoms with van der Waals surface area (Å²) in [6, 6.07) is 0. The van der Waals surface area contributed by atoms with Gasteiger partial charge in [0.1, 0.15) is 0 Å². The van der Waals surface area contributed by atoms with Crippen LogP contribution in [0, 0.1) is 13.8 Å². The van der Waals surface area contributed by atoms with Gasteiger partial charge in [-0.1, -0.05) is 39.8 Å². The Morgan fingerprint density at radius 3 is 2.00 bits per heavy atom. The van der Waals surface area contributed by atoms with E-state index in [1.54, 1.807) is 0 Å². The summed E-state index contributed by atoms with van der Waals surface area (Å²) in [6.07, 6.45) is 9.14. The van der Waals surface area contributed by atoms with E-state index in [9.17, 15) is 0 Å². The average Bonchev–Trinajstić information content (AvgIpc) is 2.39. The van der Waals surface area contributed by atoms with Gasteiger partial charge in [0.2, 0.25) is 0 Å². The van der Waals surface area contributed by atoms with Crippen LogP contribution in [0.4, 0.5) is 0 Å². The topological polar surface area (TPSA) is 25.8 Å². The Morgan fingerprint density at radius 1 is 0.833 bits per heavy atom. The second-order valence-electron chi connectivity index (χ2n) is 3.90. The minimum atomic E-state index is 1.03. The molecule has 1 heterocycles. The molecule has 0 amide bonds. The Kier molecular flexibility index (Phi) is 9.17. The van der Waals surface area contributed by atoms with E-state index in [2.05, 4.69) is 36.2 Å². The fourth-order valence-electron chi connectivity index (χ4n) is 2.03. The Hall–Kier alpha value is -1.18. The van der Waals surface area contributed by atoms with Crippen molar-refractivity contribution in [3.05, 3.63) is 34.7 Å². The standard InChI is InChI=1S/C12H16N2.2C2H6/c1-9-11-7-5-3-4-6-8-12(11)10(2)14-13-9;2*1-2/h3,5H,4,6-8H2,1-2H3;2*1-2H3/b5-3-;;. The van der Waals surface area contributed by atoms with E-state index in [0.717, 1.165) is 24.2 Å². The van der Waals surface area contributed by atoms with Crippen molar-refractivity contribution in [1.82, 2.24) is 10.2 Å². The number of aromatic nitrogens is 2. The molecule has 102 valence electrons. The Labute approximate surface area is 113 Å². The molecule has 0 N–H and O–H groups in total. The molecule has 1 aliphatic rings. The third-order valence-corrected chi connectivity index (χ3v) is 2.87. The first-order valence-corrected chi connectivity index (χ1v) is 7.25. The van der Waals surface area contributed by atoms with Crippen LogP contribution in [0.2, 0.25) is 0 Å². The first-order valence-electron chi connectivity index (χ1n) is 7.25. The summed E-state index contributed by atoms with van der Waals surface area (Å²) in [5.74, 6) is 0. The molecule has 0 saturated heterocycles. The molecule has 1 aromatic rings. The van der Waals surface area contributed by atoms with E-state index in [-0.39, 0.29) is 0 Å². The molecule has 18 heavy (non-hydrogen) atoms. The average molecular weight is 248 g/mol. The molecule has 0 spiro atoms. The van der Waals surface area contributed by atoms with Gasteiger partial charge in [0.15, 0.2) is 0 Å². The van der Waals surface area contributed by atoms with Crippen molar-refractivity contribution in [2.45, 2.75) is 67.2 Å². The zero-order valence-corrected chi connectivity index (χ0v) is 12.9. The van der Waals surface area contributed by atoms with E-state index in [1.807, 2.05) is 27.7 Å². The number of hydrogen-bond donors (Lipinski definition) is 0. The Balaban J connectivity index is 0.000000659. The molecule has 0 atom stereocenters. The van der Waals surface area contributed by atoms with Crippen molar-refractivity contribution in [3.63, 3.8) is 0 Å². The largest absolute Gasteiger partial charge is 0.155 e. The smallest absolute Gasteiger partial charge is 0.0638 e. The van der Waals surface area contributed by atoms with Gasteiger partial charge in [0.05, 0.1) is 11.4 Å². The molecule has 2 heteroatoms. The predicted octanol–water partition coefficient (Wildman–Crippen LogP) is 4.58. The normalized spacial score (nSPS) is 14.8. The molecular weight excluding hydrogens is 220 g/mol. The molecule has 0 bridgehead atoms. The number of fused-ring (bicyclic) bond motifs is 1. The minimum absolute atomic E-state index is 1.03. The summed E-state index contributed by atoms with van der Waals surface area (Å²) in [6.45, 7) is 12.1. The van der Waals surface area contributed by atoms with E-state index >= 15 is 0 Å². The molecule has 0 aromatic carbocycles. The van der Waals surface area contributed by atoms with Gasteiger partial charge in [-0.25, -0.2) is 0 Å². The summed E-state index contributed by atoms with van der Waals surface area (Å²) < 4.78 is 0. The van der Waals surface area contributed by atoms with E-state index in [4.69, 9.17) is 0 Å². The van der Waals surface area contributed by atoms with Crippen LogP contribution in [0.3, 0.4) is 0 Å². The fourth-order valence-corrected chi connectivity index (χ4v) is 2.03. The van der Waals surface area contributed by atoms with Crippen molar-refractivity contribution < 1.29 is 0 Å². The lowest BCUT2D eigenvalue weighted by Gasteiger charge is -2.13. The van der Waals surface area contributed by atoms with Crippen LogP contribution >= 0.6 is 0 Å². The van der Waals surface area contributed by atoms with E-state index in [1.165, 1.54) is 24.0 Å². The van der Waals surface area contributed by atoms with Crippen LogP contribution in [-0.2, 0) is 12.8 Å². The molecule has 0 fully saturated rings. The van der Waals surface area contributed by atoms with Crippen LogP contribution in [-0.4, -0.2) is 10.2 Å². The number of aryl methyl sites for hydroxylation is 2. The van der Waals surface area contributed by atoms with Gasteiger partial charge in [-0.05, 0) is 50.7 Å². The number of hydrogen-bond acceptors (Lipinski definition) is 2. The van der Waals surface area contributed by atoms with Gasteiger partial charge in [0, 0.05) is 0 Å².